The largest absolute Gasteiger partial charge is 0.360 e. The van der Waals surface area contributed by atoms with Crippen molar-refractivity contribution in [2.75, 3.05) is 38.1 Å². The maximum Gasteiger partial charge on any atom is 0.241 e. The molecule has 0 unspecified atom stereocenters. The molecule has 1 fully saturated rings. The lowest BCUT2D eigenvalue weighted by molar-refractivity contribution is -0.129. The van der Waals surface area contributed by atoms with Crippen LogP contribution in [-0.4, -0.2) is 44.0 Å². The highest BCUT2D eigenvalue weighted by Crippen LogP contribution is 2.24. The van der Waals surface area contributed by atoms with E-state index >= 15 is 0 Å². The molecule has 0 aliphatic carbocycles. The summed E-state index contributed by atoms with van der Waals surface area (Å²) in [5.74, 6) is 0.152. The van der Waals surface area contributed by atoms with Crippen LogP contribution < -0.4 is 10.2 Å². The van der Waals surface area contributed by atoms with Crippen LogP contribution in [0.2, 0.25) is 5.02 Å². The van der Waals surface area contributed by atoms with Crippen molar-refractivity contribution in [3.05, 3.63) is 28.8 Å². The Balaban J connectivity index is 2.09. The molecule has 2 rings (SSSR count). The number of nitrogens with one attached hydrogen (secondary N) is 1. The molecular weight excluding hydrogens is 262 g/mol. The standard InChI is InChI=1S/C14H20ClN3O/c1-3-16-9-11-4-5-12(8-13(11)15)18-7-6-17(2)14(19)10-18/h4-5,8,16H,3,6-7,9-10H2,1-2H3. The van der Waals surface area contributed by atoms with Gasteiger partial charge in [0.2, 0.25) is 5.91 Å². The molecule has 0 aromatic heterocycles. The van der Waals surface area contributed by atoms with E-state index in [1.54, 1.807) is 4.90 Å². The smallest absolute Gasteiger partial charge is 0.241 e. The Kier molecular flexibility index (Phi) is 4.66. The first-order chi connectivity index (χ1) is 9.11. The minimum atomic E-state index is 0.152. The number of amides is 1. The molecule has 1 aromatic carbocycles. The van der Waals surface area contributed by atoms with E-state index in [2.05, 4.69) is 17.1 Å². The van der Waals surface area contributed by atoms with Gasteiger partial charge in [0, 0.05) is 37.4 Å². The van der Waals surface area contributed by atoms with Gasteiger partial charge in [-0.1, -0.05) is 24.6 Å². The van der Waals surface area contributed by atoms with Crippen molar-refractivity contribution < 1.29 is 4.79 Å². The Hall–Kier alpha value is -1.26. The maximum atomic E-state index is 11.7. The van der Waals surface area contributed by atoms with Gasteiger partial charge in [-0.2, -0.15) is 0 Å². The fourth-order valence-electron chi connectivity index (χ4n) is 2.11. The van der Waals surface area contributed by atoms with Gasteiger partial charge in [0.25, 0.3) is 0 Å². The predicted octanol–water partition coefficient (Wildman–Crippen LogP) is 1.73. The highest BCUT2D eigenvalue weighted by molar-refractivity contribution is 6.31. The zero-order chi connectivity index (χ0) is 13.8. The van der Waals surface area contributed by atoms with Gasteiger partial charge < -0.3 is 15.1 Å². The summed E-state index contributed by atoms with van der Waals surface area (Å²) >= 11 is 6.29. The van der Waals surface area contributed by atoms with E-state index in [1.165, 1.54) is 0 Å². The van der Waals surface area contributed by atoms with E-state index in [9.17, 15) is 4.79 Å². The van der Waals surface area contributed by atoms with E-state index in [0.29, 0.717) is 6.54 Å². The molecule has 1 N–H and O–H groups in total. The van der Waals surface area contributed by atoms with E-state index in [1.807, 2.05) is 25.2 Å². The van der Waals surface area contributed by atoms with Gasteiger partial charge in [-0.3, -0.25) is 4.79 Å². The summed E-state index contributed by atoms with van der Waals surface area (Å²) in [4.78, 5) is 15.5. The van der Waals surface area contributed by atoms with Crippen LogP contribution in [0.4, 0.5) is 5.69 Å². The van der Waals surface area contributed by atoms with E-state index < -0.39 is 0 Å². The molecule has 4 nitrogen and oxygen atoms in total. The quantitative estimate of drug-likeness (QED) is 0.913. The first-order valence-corrected chi connectivity index (χ1v) is 6.97. The Morgan fingerprint density at radius 2 is 2.16 bits per heavy atom. The van der Waals surface area contributed by atoms with Crippen LogP contribution in [-0.2, 0) is 11.3 Å². The number of carbonyl (C=O) groups excluding carboxylic acids is 1. The summed E-state index contributed by atoms with van der Waals surface area (Å²) < 4.78 is 0. The van der Waals surface area contributed by atoms with Crippen LogP contribution >= 0.6 is 11.6 Å². The van der Waals surface area contributed by atoms with Crippen LogP contribution in [0.25, 0.3) is 0 Å². The number of benzene rings is 1. The Morgan fingerprint density at radius 3 is 2.79 bits per heavy atom. The van der Waals surface area contributed by atoms with E-state index in [0.717, 1.165) is 42.5 Å². The molecule has 104 valence electrons. The molecule has 0 radical (unpaired) electrons. The topological polar surface area (TPSA) is 35.6 Å². The molecule has 1 aliphatic rings. The van der Waals surface area contributed by atoms with Crippen LogP contribution in [0, 0.1) is 0 Å². The van der Waals surface area contributed by atoms with Gasteiger partial charge in [-0.25, -0.2) is 0 Å². The third kappa shape index (κ3) is 3.39. The molecule has 0 atom stereocenters. The summed E-state index contributed by atoms with van der Waals surface area (Å²) in [5, 5.41) is 4.01. The highest BCUT2D eigenvalue weighted by Gasteiger charge is 2.21. The zero-order valence-corrected chi connectivity index (χ0v) is 12.2. The average molecular weight is 282 g/mol. The summed E-state index contributed by atoms with van der Waals surface area (Å²) in [6.45, 7) is 5.81. The molecule has 0 saturated carbocycles. The lowest BCUT2D eigenvalue weighted by atomic mass is 10.1. The molecular formula is C14H20ClN3O. The summed E-state index contributed by atoms with van der Waals surface area (Å²) in [6.07, 6.45) is 0. The van der Waals surface area contributed by atoms with E-state index in [-0.39, 0.29) is 5.91 Å². The average Bonchev–Trinajstić information content (AvgIpc) is 2.40. The molecule has 0 spiro atoms. The third-order valence-electron chi connectivity index (χ3n) is 3.42. The number of hydrogen-bond donors (Lipinski definition) is 1. The lowest BCUT2D eigenvalue weighted by Crippen LogP contribution is -2.48. The maximum absolute atomic E-state index is 11.7. The normalized spacial score (nSPS) is 16.1. The van der Waals surface area contributed by atoms with Crippen molar-refractivity contribution in [3.63, 3.8) is 0 Å². The molecule has 1 aromatic rings. The van der Waals surface area contributed by atoms with Gasteiger partial charge in [-0.05, 0) is 24.2 Å². The number of carbonyl (C=O) groups is 1. The third-order valence-corrected chi connectivity index (χ3v) is 3.78. The second-order valence-corrected chi connectivity index (χ2v) is 5.20. The molecule has 1 aliphatic heterocycles. The molecule has 19 heavy (non-hydrogen) atoms. The van der Waals surface area contributed by atoms with Crippen molar-refractivity contribution >= 4 is 23.2 Å². The number of anilines is 1. The van der Waals surface area contributed by atoms with Gasteiger partial charge in [0.15, 0.2) is 0 Å². The van der Waals surface area contributed by atoms with Crippen molar-refractivity contribution in [2.45, 2.75) is 13.5 Å². The fraction of sp³-hybridized carbons (Fsp3) is 0.500. The number of halogens is 1. The fourth-order valence-corrected chi connectivity index (χ4v) is 2.36. The molecule has 1 heterocycles. The lowest BCUT2D eigenvalue weighted by Gasteiger charge is -2.33. The Morgan fingerprint density at radius 1 is 1.37 bits per heavy atom. The summed E-state index contributed by atoms with van der Waals surface area (Å²) in [6, 6.07) is 6.02. The first kappa shape index (κ1) is 14.2. The second kappa shape index (κ2) is 6.26. The molecule has 5 heteroatoms. The van der Waals surface area contributed by atoms with Crippen molar-refractivity contribution in [1.29, 1.82) is 0 Å². The van der Waals surface area contributed by atoms with Gasteiger partial charge >= 0.3 is 0 Å². The highest BCUT2D eigenvalue weighted by atomic mass is 35.5. The van der Waals surface area contributed by atoms with E-state index in [4.69, 9.17) is 11.6 Å². The van der Waals surface area contributed by atoms with Crippen LogP contribution in [0.5, 0.6) is 0 Å². The second-order valence-electron chi connectivity index (χ2n) is 4.79. The monoisotopic (exact) mass is 281 g/mol. The minimum Gasteiger partial charge on any atom is -0.360 e. The number of likely N-dealkylation sites (N-methyl/N-ethyl adjacent to an activating group) is 1. The van der Waals surface area contributed by atoms with Crippen LogP contribution in [0.3, 0.4) is 0 Å². The SMILES string of the molecule is CCNCc1ccc(N2CCN(C)C(=O)C2)cc1Cl. The predicted molar refractivity (Wildman–Crippen MR) is 78.7 cm³/mol. The summed E-state index contributed by atoms with van der Waals surface area (Å²) in [5.41, 5.74) is 2.11. The number of hydrogen-bond acceptors (Lipinski definition) is 3. The Bertz CT molecular complexity index is 464. The van der Waals surface area contributed by atoms with Crippen molar-refractivity contribution in [2.24, 2.45) is 0 Å². The van der Waals surface area contributed by atoms with Crippen LogP contribution in [0.1, 0.15) is 12.5 Å². The molecule has 1 amide bonds. The molecule has 1 saturated heterocycles. The van der Waals surface area contributed by atoms with Crippen molar-refractivity contribution in [1.82, 2.24) is 10.2 Å². The van der Waals surface area contributed by atoms with Crippen LogP contribution in [0.15, 0.2) is 18.2 Å². The molecule has 0 bridgehead atoms. The zero-order valence-electron chi connectivity index (χ0n) is 11.4. The van der Waals surface area contributed by atoms with Gasteiger partial charge in [-0.15, -0.1) is 0 Å². The number of nitrogens with zero attached hydrogens (tertiary/aromatic N) is 2. The summed E-state index contributed by atoms with van der Waals surface area (Å²) in [7, 11) is 1.84. The Labute approximate surface area is 119 Å². The first-order valence-electron chi connectivity index (χ1n) is 6.60. The van der Waals surface area contributed by atoms with Crippen molar-refractivity contribution in [3.8, 4) is 0 Å². The number of rotatable bonds is 4. The van der Waals surface area contributed by atoms with Gasteiger partial charge in [0.05, 0.1) is 6.54 Å². The van der Waals surface area contributed by atoms with Gasteiger partial charge in [0.1, 0.15) is 0 Å². The number of piperazine rings is 1. The minimum absolute atomic E-state index is 0.152.